The largest absolute Gasteiger partial charge is 0.329 e. The number of aromatic nitrogens is 2. The van der Waals surface area contributed by atoms with Crippen LogP contribution in [-0.2, 0) is 23.2 Å². The van der Waals surface area contributed by atoms with Crippen molar-refractivity contribution in [2.24, 2.45) is 13.0 Å². The second-order valence-corrected chi connectivity index (χ2v) is 9.63. The molecule has 37 heavy (non-hydrogen) atoms. The number of benzene rings is 2. The SMILES string of the molecule is Cn1c(=O)n(C2CCC(=O)NC2=O)c2ccc(C#CC3CCN(Cc4ccc([N+](=O)[O-])cc4)CC3)cc21. The van der Waals surface area contributed by atoms with Gasteiger partial charge in [-0.25, -0.2) is 4.79 Å². The fraction of sp³-hybridized carbons (Fsp3) is 0.370. The highest BCUT2D eigenvalue weighted by atomic mass is 16.6. The normalized spacial score (nSPS) is 18.9. The highest BCUT2D eigenvalue weighted by Crippen LogP contribution is 2.24. The van der Waals surface area contributed by atoms with Crippen LogP contribution in [0.2, 0.25) is 0 Å². The maximum absolute atomic E-state index is 12.9. The van der Waals surface area contributed by atoms with Crippen LogP contribution in [0, 0.1) is 27.9 Å². The molecule has 0 bridgehead atoms. The minimum atomic E-state index is -0.706. The van der Waals surface area contributed by atoms with Crippen LogP contribution >= 0.6 is 0 Å². The number of amides is 2. The van der Waals surface area contributed by atoms with Crippen molar-refractivity contribution in [3.05, 3.63) is 74.2 Å². The molecule has 5 rings (SSSR count). The Bertz CT molecular complexity index is 1500. The number of nitro benzene ring substituents is 1. The van der Waals surface area contributed by atoms with Crippen LogP contribution in [0.4, 0.5) is 5.69 Å². The van der Waals surface area contributed by atoms with Crippen LogP contribution in [0.5, 0.6) is 0 Å². The van der Waals surface area contributed by atoms with Crippen LogP contribution in [-0.4, -0.2) is 43.9 Å². The third kappa shape index (κ3) is 5.04. The Morgan fingerprint density at radius 3 is 2.43 bits per heavy atom. The second kappa shape index (κ2) is 10.0. The first-order valence-electron chi connectivity index (χ1n) is 12.3. The van der Waals surface area contributed by atoms with E-state index in [-0.39, 0.29) is 34.5 Å². The molecule has 2 aliphatic rings. The third-order valence-corrected chi connectivity index (χ3v) is 7.17. The van der Waals surface area contributed by atoms with Gasteiger partial charge >= 0.3 is 5.69 Å². The molecule has 0 spiro atoms. The number of piperidine rings is 2. The molecule has 2 aliphatic heterocycles. The number of nitro groups is 1. The molecule has 1 unspecified atom stereocenters. The minimum Gasteiger partial charge on any atom is -0.299 e. The Hall–Kier alpha value is -4.23. The predicted molar refractivity (Wildman–Crippen MR) is 137 cm³/mol. The molecule has 3 heterocycles. The first-order chi connectivity index (χ1) is 17.8. The van der Waals surface area contributed by atoms with Gasteiger partial charge in [-0.1, -0.05) is 24.0 Å². The van der Waals surface area contributed by atoms with Gasteiger partial charge in [-0.15, -0.1) is 0 Å². The molecule has 2 amide bonds. The Kier molecular flexibility index (Phi) is 6.63. The van der Waals surface area contributed by atoms with E-state index in [9.17, 15) is 24.5 Å². The number of hydrogen-bond donors (Lipinski definition) is 1. The van der Waals surface area contributed by atoms with Crippen molar-refractivity contribution in [3.63, 3.8) is 0 Å². The molecule has 10 nitrogen and oxygen atoms in total. The van der Waals surface area contributed by atoms with Crippen molar-refractivity contribution in [3.8, 4) is 11.8 Å². The summed E-state index contributed by atoms with van der Waals surface area (Å²) in [5.41, 5.74) is 3.00. The molecule has 10 heteroatoms. The van der Waals surface area contributed by atoms with Crippen LogP contribution < -0.4 is 11.0 Å². The number of carbonyl (C=O) groups is 2. The number of imide groups is 1. The lowest BCUT2D eigenvalue weighted by Gasteiger charge is -2.29. The van der Waals surface area contributed by atoms with E-state index in [0.717, 1.165) is 43.6 Å². The first kappa shape index (κ1) is 24.5. The standard InChI is InChI=1S/C27H27N5O5/c1-29-24-16-19(6-9-22(24)31(27(29)35)23-10-11-25(33)28-26(23)34)3-2-18-12-14-30(15-13-18)17-20-4-7-21(8-5-20)32(36)37/h4-9,16,18,23H,10-15,17H2,1H3,(H,28,33,34). The summed E-state index contributed by atoms with van der Waals surface area (Å²) in [4.78, 5) is 49.6. The molecule has 2 saturated heterocycles. The van der Waals surface area contributed by atoms with E-state index in [2.05, 4.69) is 22.1 Å². The van der Waals surface area contributed by atoms with Gasteiger partial charge in [0.1, 0.15) is 6.04 Å². The molecular weight excluding hydrogens is 474 g/mol. The number of nitrogens with zero attached hydrogens (tertiary/aromatic N) is 4. The summed E-state index contributed by atoms with van der Waals surface area (Å²) in [7, 11) is 1.67. The van der Waals surface area contributed by atoms with E-state index in [4.69, 9.17) is 0 Å². The summed E-state index contributed by atoms with van der Waals surface area (Å²) in [6.07, 6.45) is 2.38. The van der Waals surface area contributed by atoms with Crippen molar-refractivity contribution >= 4 is 28.5 Å². The molecule has 3 aromatic rings. The van der Waals surface area contributed by atoms with Gasteiger partial charge in [0.05, 0.1) is 16.0 Å². The molecular formula is C27H27N5O5. The summed E-state index contributed by atoms with van der Waals surface area (Å²) in [6, 6.07) is 11.5. The Labute approximate surface area is 213 Å². The average Bonchev–Trinajstić information content (AvgIpc) is 3.13. The number of rotatable bonds is 4. The molecule has 0 aliphatic carbocycles. The Morgan fingerprint density at radius 1 is 1.03 bits per heavy atom. The smallest absolute Gasteiger partial charge is 0.299 e. The van der Waals surface area contributed by atoms with Crippen LogP contribution in [0.3, 0.4) is 0 Å². The van der Waals surface area contributed by atoms with Crippen LogP contribution in [0.25, 0.3) is 11.0 Å². The zero-order chi connectivity index (χ0) is 26.1. The van der Waals surface area contributed by atoms with Crippen LogP contribution in [0.15, 0.2) is 47.3 Å². The molecule has 1 N–H and O–H groups in total. The molecule has 1 atom stereocenters. The number of hydrogen-bond acceptors (Lipinski definition) is 6. The van der Waals surface area contributed by atoms with Gasteiger partial charge in [-0.2, -0.15) is 0 Å². The van der Waals surface area contributed by atoms with E-state index in [1.54, 1.807) is 31.3 Å². The second-order valence-electron chi connectivity index (χ2n) is 9.63. The molecule has 0 saturated carbocycles. The van der Waals surface area contributed by atoms with Crippen molar-refractivity contribution in [2.75, 3.05) is 13.1 Å². The Morgan fingerprint density at radius 2 is 1.76 bits per heavy atom. The predicted octanol–water partition coefficient (Wildman–Crippen LogP) is 2.49. The summed E-state index contributed by atoms with van der Waals surface area (Å²) in [5.74, 6) is 6.13. The number of aryl methyl sites for hydroxylation is 1. The summed E-state index contributed by atoms with van der Waals surface area (Å²) in [6.45, 7) is 2.56. The lowest BCUT2D eigenvalue weighted by molar-refractivity contribution is -0.384. The first-order valence-corrected chi connectivity index (χ1v) is 12.3. The summed E-state index contributed by atoms with van der Waals surface area (Å²) < 4.78 is 2.98. The molecule has 2 aromatic carbocycles. The van der Waals surface area contributed by atoms with E-state index in [1.807, 2.05) is 18.2 Å². The zero-order valence-electron chi connectivity index (χ0n) is 20.5. The average molecular weight is 502 g/mol. The molecule has 190 valence electrons. The van der Waals surface area contributed by atoms with Crippen molar-refractivity contribution in [1.82, 2.24) is 19.4 Å². The van der Waals surface area contributed by atoms with Crippen molar-refractivity contribution in [2.45, 2.75) is 38.3 Å². The van der Waals surface area contributed by atoms with E-state index >= 15 is 0 Å². The lowest BCUT2D eigenvalue weighted by Crippen LogP contribution is -2.44. The van der Waals surface area contributed by atoms with Gasteiger partial charge in [0, 0.05) is 43.6 Å². The maximum atomic E-state index is 12.9. The molecule has 1 aromatic heterocycles. The highest BCUT2D eigenvalue weighted by Gasteiger charge is 2.31. The van der Waals surface area contributed by atoms with Gasteiger partial charge in [0.25, 0.3) is 5.69 Å². The third-order valence-electron chi connectivity index (χ3n) is 7.17. The maximum Gasteiger partial charge on any atom is 0.329 e. The number of nitrogens with one attached hydrogen (secondary N) is 1. The van der Waals surface area contributed by atoms with E-state index in [1.165, 1.54) is 9.13 Å². The fourth-order valence-corrected chi connectivity index (χ4v) is 5.07. The highest BCUT2D eigenvalue weighted by molar-refractivity contribution is 6.00. The van der Waals surface area contributed by atoms with Crippen LogP contribution in [0.1, 0.15) is 42.9 Å². The Balaban J connectivity index is 1.25. The van der Waals surface area contributed by atoms with Gasteiger partial charge in [-0.05, 0) is 56.1 Å². The number of fused-ring (bicyclic) bond motifs is 1. The van der Waals surface area contributed by atoms with E-state index in [0.29, 0.717) is 17.5 Å². The molecule has 0 radical (unpaired) electrons. The molecule has 2 fully saturated rings. The van der Waals surface area contributed by atoms with Crippen molar-refractivity contribution < 1.29 is 14.5 Å². The topological polar surface area (TPSA) is 119 Å². The summed E-state index contributed by atoms with van der Waals surface area (Å²) >= 11 is 0. The summed E-state index contributed by atoms with van der Waals surface area (Å²) in [5, 5.41) is 13.2. The van der Waals surface area contributed by atoms with Gasteiger partial charge < -0.3 is 0 Å². The van der Waals surface area contributed by atoms with Gasteiger partial charge in [-0.3, -0.25) is 39.1 Å². The number of non-ortho nitro benzene ring substituents is 1. The fourth-order valence-electron chi connectivity index (χ4n) is 5.07. The van der Waals surface area contributed by atoms with Crippen molar-refractivity contribution in [1.29, 1.82) is 0 Å². The minimum absolute atomic E-state index is 0.100. The zero-order valence-corrected chi connectivity index (χ0v) is 20.5. The number of likely N-dealkylation sites (tertiary alicyclic amines) is 1. The van der Waals surface area contributed by atoms with Gasteiger partial charge in [0.2, 0.25) is 11.8 Å². The van der Waals surface area contributed by atoms with Gasteiger partial charge in [0.15, 0.2) is 0 Å². The number of carbonyl (C=O) groups excluding carboxylic acids is 2. The number of imidazole rings is 1. The quantitative estimate of drug-likeness (QED) is 0.254. The monoisotopic (exact) mass is 501 g/mol. The van der Waals surface area contributed by atoms with E-state index < -0.39 is 11.9 Å². The lowest BCUT2D eigenvalue weighted by atomic mass is 9.96.